The van der Waals surface area contributed by atoms with Crippen LogP contribution in [0.1, 0.15) is 59.2 Å². The van der Waals surface area contributed by atoms with Gasteiger partial charge in [0.15, 0.2) is 0 Å². The third kappa shape index (κ3) is 6.67. The molecule has 0 saturated heterocycles. The zero-order valence-electron chi connectivity index (χ0n) is 20.9. The largest absolute Gasteiger partial charge is 0.490 e. The summed E-state index contributed by atoms with van der Waals surface area (Å²) in [5, 5.41) is 11.0. The van der Waals surface area contributed by atoms with Crippen LogP contribution < -0.4 is 20.7 Å². The van der Waals surface area contributed by atoms with Crippen LogP contribution in [0.4, 0.5) is 0 Å². The van der Waals surface area contributed by atoms with Gasteiger partial charge < -0.3 is 20.7 Å². The maximum Gasteiger partial charge on any atom is 0.251 e. The lowest BCUT2D eigenvalue weighted by molar-refractivity contribution is -0.123. The van der Waals surface area contributed by atoms with Gasteiger partial charge in [-0.05, 0) is 85.7 Å². The Balaban J connectivity index is 1.01. The maximum atomic E-state index is 12.5. The van der Waals surface area contributed by atoms with Crippen molar-refractivity contribution in [1.82, 2.24) is 16.0 Å². The van der Waals surface area contributed by atoms with Crippen molar-refractivity contribution in [1.29, 1.82) is 0 Å². The molecule has 0 radical (unpaired) electrons. The molecule has 3 N–H and O–H groups in total. The first-order valence-electron chi connectivity index (χ1n) is 13.2. The molecule has 3 aromatic rings. The van der Waals surface area contributed by atoms with E-state index in [1.54, 1.807) is 18.2 Å². The summed E-state index contributed by atoms with van der Waals surface area (Å²) in [5.74, 6) is 0.841. The predicted molar refractivity (Wildman–Crippen MR) is 143 cm³/mol. The second kappa shape index (κ2) is 11.5. The zero-order chi connectivity index (χ0) is 25.6. The smallest absolute Gasteiger partial charge is 0.251 e. The van der Waals surface area contributed by atoms with Crippen LogP contribution in [0.5, 0.6) is 5.75 Å². The van der Waals surface area contributed by atoms with Gasteiger partial charge in [-0.25, -0.2) is 0 Å². The SMILES string of the molecule is O=C(NCCNC(=O)c1ccc2ccccc2c1)c1ccc(OC2CCC(NC(=O)C3CC3)CC2)cc1. The van der Waals surface area contributed by atoms with Gasteiger partial charge in [-0.2, -0.15) is 0 Å². The van der Waals surface area contributed by atoms with E-state index in [2.05, 4.69) is 16.0 Å². The van der Waals surface area contributed by atoms with Crippen molar-refractivity contribution < 1.29 is 19.1 Å². The van der Waals surface area contributed by atoms with Crippen molar-refractivity contribution >= 4 is 28.5 Å². The highest BCUT2D eigenvalue weighted by molar-refractivity contribution is 5.98. The van der Waals surface area contributed by atoms with Crippen LogP contribution in [0.25, 0.3) is 10.8 Å². The van der Waals surface area contributed by atoms with Crippen molar-refractivity contribution in [2.45, 2.75) is 50.7 Å². The minimum Gasteiger partial charge on any atom is -0.490 e. The van der Waals surface area contributed by atoms with Crippen LogP contribution in [-0.2, 0) is 4.79 Å². The second-order valence-electron chi connectivity index (χ2n) is 9.97. The number of ether oxygens (including phenoxy) is 1. The molecular weight excluding hydrogens is 466 g/mol. The third-order valence-corrected chi connectivity index (χ3v) is 7.10. The lowest BCUT2D eigenvalue weighted by Crippen LogP contribution is -2.40. The highest BCUT2D eigenvalue weighted by Gasteiger charge is 2.32. The van der Waals surface area contributed by atoms with Gasteiger partial charge in [0, 0.05) is 36.2 Å². The van der Waals surface area contributed by atoms with Gasteiger partial charge in [0.25, 0.3) is 11.8 Å². The zero-order valence-corrected chi connectivity index (χ0v) is 20.9. The van der Waals surface area contributed by atoms with Crippen molar-refractivity contribution in [3.05, 3.63) is 77.9 Å². The van der Waals surface area contributed by atoms with Gasteiger partial charge in [-0.3, -0.25) is 14.4 Å². The molecule has 2 saturated carbocycles. The maximum absolute atomic E-state index is 12.5. The fraction of sp³-hybridized carbons (Fsp3) is 0.367. The Labute approximate surface area is 217 Å². The van der Waals surface area contributed by atoms with Gasteiger partial charge in [-0.15, -0.1) is 0 Å². The molecule has 0 unspecified atom stereocenters. The lowest BCUT2D eigenvalue weighted by atomic mass is 9.92. The van der Waals surface area contributed by atoms with Crippen LogP contribution in [0.3, 0.4) is 0 Å². The number of hydrogen-bond donors (Lipinski definition) is 3. The van der Waals surface area contributed by atoms with Crippen LogP contribution in [-0.4, -0.2) is 43.0 Å². The van der Waals surface area contributed by atoms with Gasteiger partial charge in [0.1, 0.15) is 5.75 Å². The number of rotatable bonds is 9. The quantitative estimate of drug-likeness (QED) is 0.384. The first kappa shape index (κ1) is 24.8. The average molecular weight is 500 g/mol. The molecule has 37 heavy (non-hydrogen) atoms. The highest BCUT2D eigenvalue weighted by atomic mass is 16.5. The van der Waals surface area contributed by atoms with Crippen molar-refractivity contribution in [2.75, 3.05) is 13.1 Å². The van der Waals surface area contributed by atoms with Crippen LogP contribution in [0.15, 0.2) is 66.7 Å². The van der Waals surface area contributed by atoms with Crippen molar-refractivity contribution in [3.63, 3.8) is 0 Å². The molecule has 0 spiro atoms. The Morgan fingerprint density at radius 2 is 1.32 bits per heavy atom. The molecule has 5 rings (SSSR count). The van der Waals surface area contributed by atoms with Crippen LogP contribution in [0.2, 0.25) is 0 Å². The summed E-state index contributed by atoms with van der Waals surface area (Å²) in [7, 11) is 0. The van der Waals surface area contributed by atoms with E-state index in [1.165, 1.54) is 0 Å². The monoisotopic (exact) mass is 499 g/mol. The lowest BCUT2D eigenvalue weighted by Gasteiger charge is -2.29. The molecule has 192 valence electrons. The van der Waals surface area contributed by atoms with E-state index in [4.69, 9.17) is 4.74 Å². The van der Waals surface area contributed by atoms with Gasteiger partial charge in [0.05, 0.1) is 6.10 Å². The predicted octanol–water partition coefficient (Wildman–Crippen LogP) is 4.22. The number of fused-ring (bicyclic) bond motifs is 1. The topological polar surface area (TPSA) is 96.5 Å². The molecule has 3 aromatic carbocycles. The fourth-order valence-electron chi connectivity index (χ4n) is 4.75. The molecule has 7 heteroatoms. The van der Waals surface area contributed by atoms with Gasteiger partial charge in [0.2, 0.25) is 5.91 Å². The number of hydrogen-bond acceptors (Lipinski definition) is 4. The summed E-state index contributed by atoms with van der Waals surface area (Å²) in [6.07, 6.45) is 5.86. The Morgan fingerprint density at radius 1 is 0.703 bits per heavy atom. The molecule has 0 atom stereocenters. The Hall–Kier alpha value is -3.87. The molecule has 2 aliphatic carbocycles. The molecule has 2 fully saturated rings. The molecule has 0 heterocycles. The van der Waals surface area contributed by atoms with Crippen LogP contribution in [0, 0.1) is 5.92 Å². The molecule has 0 aromatic heterocycles. The first-order valence-corrected chi connectivity index (χ1v) is 13.2. The molecule has 0 bridgehead atoms. The van der Waals surface area contributed by atoms with E-state index in [-0.39, 0.29) is 35.8 Å². The standard InChI is InChI=1S/C30H33N3O4/c34-28(31-17-18-32-29(35)24-8-5-20-3-1-2-4-23(20)19-24)21-9-13-26(14-10-21)37-27-15-11-25(12-16-27)33-30(36)22-6-7-22/h1-5,8-10,13-14,19,22,25,27H,6-7,11-12,15-18H2,(H,31,34)(H,32,35)(H,33,36). The third-order valence-electron chi connectivity index (χ3n) is 7.10. The summed E-state index contributed by atoms with van der Waals surface area (Å²) in [6, 6.07) is 20.9. The van der Waals surface area contributed by atoms with Gasteiger partial charge >= 0.3 is 0 Å². The molecule has 0 aliphatic heterocycles. The molecular formula is C30H33N3O4. The summed E-state index contributed by atoms with van der Waals surface area (Å²) in [4.78, 5) is 36.9. The van der Waals surface area contributed by atoms with E-state index in [9.17, 15) is 14.4 Å². The second-order valence-corrected chi connectivity index (χ2v) is 9.97. The van der Waals surface area contributed by atoms with E-state index >= 15 is 0 Å². The first-order chi connectivity index (χ1) is 18.0. The number of benzene rings is 3. The minimum atomic E-state index is -0.196. The Morgan fingerprint density at radius 3 is 2.00 bits per heavy atom. The normalized spacial score (nSPS) is 19.1. The van der Waals surface area contributed by atoms with E-state index < -0.39 is 0 Å². The summed E-state index contributed by atoms with van der Waals surface area (Å²) >= 11 is 0. The molecule has 3 amide bonds. The molecule has 7 nitrogen and oxygen atoms in total. The van der Waals surface area contributed by atoms with Crippen molar-refractivity contribution in [3.8, 4) is 5.75 Å². The number of carbonyl (C=O) groups excluding carboxylic acids is 3. The number of amides is 3. The minimum absolute atomic E-state index is 0.125. The highest BCUT2D eigenvalue weighted by Crippen LogP contribution is 2.30. The van der Waals surface area contributed by atoms with Crippen LogP contribution >= 0.6 is 0 Å². The van der Waals surface area contributed by atoms with Gasteiger partial charge in [-0.1, -0.05) is 30.3 Å². The van der Waals surface area contributed by atoms with E-state index in [0.717, 1.165) is 55.0 Å². The average Bonchev–Trinajstić information content (AvgIpc) is 3.78. The number of nitrogens with one attached hydrogen (secondary N) is 3. The van der Waals surface area contributed by atoms with E-state index in [0.29, 0.717) is 24.2 Å². The Kier molecular flexibility index (Phi) is 7.68. The summed E-state index contributed by atoms with van der Waals surface area (Å²) < 4.78 is 6.10. The fourth-order valence-corrected chi connectivity index (χ4v) is 4.75. The van der Waals surface area contributed by atoms with E-state index in [1.807, 2.05) is 48.5 Å². The number of carbonyl (C=O) groups is 3. The Bertz CT molecular complexity index is 1260. The summed E-state index contributed by atoms with van der Waals surface area (Å²) in [5.41, 5.74) is 1.14. The summed E-state index contributed by atoms with van der Waals surface area (Å²) in [6.45, 7) is 0.666. The van der Waals surface area contributed by atoms with Crippen molar-refractivity contribution in [2.24, 2.45) is 5.92 Å². The molecule has 2 aliphatic rings.